The number of ether oxygens (including phenoxy) is 6. The van der Waals surface area contributed by atoms with Crippen LogP contribution in [0.4, 0.5) is 0 Å². The smallest absolute Gasteiger partial charge is 0.104 e. The van der Waals surface area contributed by atoms with Gasteiger partial charge in [-0.15, -0.1) is 0 Å². The van der Waals surface area contributed by atoms with E-state index in [1.54, 1.807) is 0 Å². The van der Waals surface area contributed by atoms with Crippen LogP contribution in [0, 0.1) is 0 Å². The first-order valence-corrected chi connectivity index (χ1v) is 9.68. The second kappa shape index (κ2) is 23.7. The molecule has 9 nitrogen and oxygen atoms in total. The number of aliphatic hydroxyl groups is 3. The SMILES string of the molecule is OCCOCCCOCC(COCCCOCCO)OCCCOCCO. The lowest BCUT2D eigenvalue weighted by atomic mass is 10.4. The van der Waals surface area contributed by atoms with Gasteiger partial charge in [-0.2, -0.15) is 0 Å². The van der Waals surface area contributed by atoms with E-state index in [-0.39, 0.29) is 25.9 Å². The molecule has 0 rings (SSSR count). The zero-order valence-electron chi connectivity index (χ0n) is 16.4. The van der Waals surface area contributed by atoms with Crippen LogP contribution >= 0.6 is 0 Å². The summed E-state index contributed by atoms with van der Waals surface area (Å²) in [6, 6.07) is 0. The fourth-order valence-corrected chi connectivity index (χ4v) is 2.01. The Kier molecular flexibility index (Phi) is 23.4. The van der Waals surface area contributed by atoms with Crippen molar-refractivity contribution in [2.45, 2.75) is 25.4 Å². The van der Waals surface area contributed by atoms with Crippen LogP contribution in [0.15, 0.2) is 0 Å². The predicted molar refractivity (Wildman–Crippen MR) is 98.9 cm³/mol. The maximum atomic E-state index is 8.66. The van der Waals surface area contributed by atoms with Crippen LogP contribution in [0.3, 0.4) is 0 Å². The summed E-state index contributed by atoms with van der Waals surface area (Å²) in [5, 5.41) is 25.9. The molecule has 0 aromatic rings. The molecule has 0 aliphatic rings. The largest absolute Gasteiger partial charge is 0.394 e. The first-order valence-electron chi connectivity index (χ1n) is 9.68. The van der Waals surface area contributed by atoms with Gasteiger partial charge in [0.05, 0.1) is 52.9 Å². The molecule has 0 aliphatic heterocycles. The molecule has 0 fully saturated rings. The molecule has 0 radical (unpaired) electrons. The summed E-state index contributed by atoms with van der Waals surface area (Å²) in [5.41, 5.74) is 0. The van der Waals surface area contributed by atoms with E-state index in [1.807, 2.05) is 0 Å². The minimum Gasteiger partial charge on any atom is -0.394 e. The quantitative estimate of drug-likeness (QED) is 0.198. The molecule has 0 heterocycles. The minimum absolute atomic E-state index is 0.0230. The predicted octanol–water partition coefficient (Wildman–Crippen LogP) is -0.398. The van der Waals surface area contributed by atoms with Crippen LogP contribution in [-0.4, -0.2) is 114 Å². The van der Waals surface area contributed by atoms with E-state index in [9.17, 15) is 0 Å². The first kappa shape index (κ1) is 26.6. The fourth-order valence-electron chi connectivity index (χ4n) is 2.01. The van der Waals surface area contributed by atoms with Gasteiger partial charge in [-0.3, -0.25) is 0 Å². The highest BCUT2D eigenvalue weighted by Crippen LogP contribution is 2.00. The Bertz CT molecular complexity index is 251. The summed E-state index contributed by atoms with van der Waals surface area (Å²) in [4.78, 5) is 0. The van der Waals surface area contributed by atoms with Crippen LogP contribution < -0.4 is 0 Å². The second-order valence-electron chi connectivity index (χ2n) is 5.71. The molecule has 0 unspecified atom stereocenters. The van der Waals surface area contributed by atoms with Crippen molar-refractivity contribution in [3.8, 4) is 0 Å². The van der Waals surface area contributed by atoms with E-state index < -0.39 is 0 Å². The Morgan fingerprint density at radius 2 is 0.815 bits per heavy atom. The van der Waals surface area contributed by atoms with Crippen LogP contribution in [-0.2, 0) is 28.4 Å². The van der Waals surface area contributed by atoms with Crippen molar-refractivity contribution in [3.63, 3.8) is 0 Å². The van der Waals surface area contributed by atoms with E-state index in [2.05, 4.69) is 0 Å². The lowest BCUT2D eigenvalue weighted by Gasteiger charge is -2.18. The summed E-state index contributed by atoms with van der Waals surface area (Å²) in [6.07, 6.45) is 2.08. The molecule has 0 saturated heterocycles. The summed E-state index contributed by atoms with van der Waals surface area (Å²) in [5.74, 6) is 0. The standard InChI is InChI=1S/C18H38O9/c19-4-13-22-7-1-10-25-16-18(27-12-3-9-24-15-6-21)17-26-11-2-8-23-14-5-20/h18-21H,1-17H2. The van der Waals surface area contributed by atoms with Crippen LogP contribution in [0.5, 0.6) is 0 Å². The molecule has 0 bridgehead atoms. The van der Waals surface area contributed by atoms with E-state index >= 15 is 0 Å². The molecule has 0 aromatic heterocycles. The molecule has 0 atom stereocenters. The Labute approximate surface area is 162 Å². The summed E-state index contributed by atoms with van der Waals surface area (Å²) >= 11 is 0. The van der Waals surface area contributed by atoms with Gasteiger partial charge in [0, 0.05) is 39.6 Å². The van der Waals surface area contributed by atoms with Gasteiger partial charge in [-0.1, -0.05) is 0 Å². The lowest BCUT2D eigenvalue weighted by Crippen LogP contribution is -2.27. The maximum Gasteiger partial charge on any atom is 0.104 e. The molecule has 27 heavy (non-hydrogen) atoms. The Hall–Kier alpha value is -0.360. The Balaban J connectivity index is 3.78. The molecule has 164 valence electrons. The Morgan fingerprint density at radius 3 is 1.22 bits per heavy atom. The van der Waals surface area contributed by atoms with Crippen molar-refractivity contribution in [2.75, 3.05) is 92.5 Å². The molecule has 0 aliphatic carbocycles. The summed E-state index contributed by atoms with van der Waals surface area (Å²) in [7, 11) is 0. The van der Waals surface area contributed by atoms with Gasteiger partial charge >= 0.3 is 0 Å². The number of hydrogen-bond acceptors (Lipinski definition) is 9. The normalized spacial score (nSPS) is 11.6. The number of rotatable bonds is 23. The highest BCUT2D eigenvalue weighted by Gasteiger charge is 2.10. The average molecular weight is 398 g/mol. The maximum absolute atomic E-state index is 8.66. The Morgan fingerprint density at radius 1 is 0.444 bits per heavy atom. The van der Waals surface area contributed by atoms with Gasteiger partial charge in [0.1, 0.15) is 6.10 Å². The molecule has 0 saturated carbocycles. The fraction of sp³-hybridized carbons (Fsp3) is 1.00. The number of hydrogen-bond donors (Lipinski definition) is 3. The van der Waals surface area contributed by atoms with Crippen LogP contribution in [0.1, 0.15) is 19.3 Å². The van der Waals surface area contributed by atoms with Gasteiger partial charge in [0.25, 0.3) is 0 Å². The lowest BCUT2D eigenvalue weighted by molar-refractivity contribution is -0.0680. The number of aliphatic hydroxyl groups excluding tert-OH is 3. The monoisotopic (exact) mass is 398 g/mol. The third-order valence-electron chi connectivity index (χ3n) is 3.26. The molecule has 0 aromatic carbocycles. The molecule has 0 spiro atoms. The van der Waals surface area contributed by atoms with Crippen molar-refractivity contribution in [3.05, 3.63) is 0 Å². The van der Waals surface area contributed by atoms with E-state index in [4.69, 9.17) is 43.7 Å². The van der Waals surface area contributed by atoms with E-state index in [1.165, 1.54) is 0 Å². The van der Waals surface area contributed by atoms with Gasteiger partial charge in [-0.05, 0) is 19.3 Å². The van der Waals surface area contributed by atoms with Crippen molar-refractivity contribution in [1.29, 1.82) is 0 Å². The van der Waals surface area contributed by atoms with Gasteiger partial charge in [-0.25, -0.2) is 0 Å². The van der Waals surface area contributed by atoms with Gasteiger partial charge in [0.2, 0.25) is 0 Å². The molecular formula is C18H38O9. The zero-order valence-corrected chi connectivity index (χ0v) is 16.4. The molecular weight excluding hydrogens is 360 g/mol. The van der Waals surface area contributed by atoms with Crippen LogP contribution in [0.2, 0.25) is 0 Å². The third-order valence-corrected chi connectivity index (χ3v) is 3.26. The van der Waals surface area contributed by atoms with E-state index in [0.29, 0.717) is 72.7 Å². The van der Waals surface area contributed by atoms with Crippen molar-refractivity contribution in [1.82, 2.24) is 0 Å². The zero-order chi connectivity index (χ0) is 19.8. The average Bonchev–Trinajstić information content (AvgIpc) is 2.68. The van der Waals surface area contributed by atoms with Crippen molar-refractivity contribution >= 4 is 0 Å². The summed E-state index contributed by atoms with van der Waals surface area (Å²) in [6.45, 7) is 5.26. The highest BCUT2D eigenvalue weighted by atomic mass is 16.6. The van der Waals surface area contributed by atoms with Crippen molar-refractivity contribution in [2.24, 2.45) is 0 Å². The molecule has 9 heteroatoms. The topological polar surface area (TPSA) is 116 Å². The second-order valence-corrected chi connectivity index (χ2v) is 5.71. The third kappa shape index (κ3) is 21.8. The molecule has 3 N–H and O–H groups in total. The first-order chi connectivity index (χ1) is 13.3. The summed E-state index contributed by atoms with van der Waals surface area (Å²) < 4.78 is 32.6. The van der Waals surface area contributed by atoms with Crippen molar-refractivity contribution < 1.29 is 43.7 Å². The van der Waals surface area contributed by atoms with Gasteiger partial charge in [0.15, 0.2) is 0 Å². The minimum atomic E-state index is -0.167. The van der Waals surface area contributed by atoms with Gasteiger partial charge < -0.3 is 43.7 Å². The van der Waals surface area contributed by atoms with E-state index in [0.717, 1.165) is 19.3 Å². The highest BCUT2D eigenvalue weighted by molar-refractivity contribution is 4.56. The van der Waals surface area contributed by atoms with Crippen LogP contribution in [0.25, 0.3) is 0 Å². The molecule has 0 amide bonds.